The molecule has 0 spiro atoms. The fraction of sp³-hybridized carbons (Fsp3) is 0.455. The molecule has 3 aromatic carbocycles. The third kappa shape index (κ3) is 6.71. The van der Waals surface area contributed by atoms with Gasteiger partial charge in [-0.2, -0.15) is 0 Å². The summed E-state index contributed by atoms with van der Waals surface area (Å²) in [6.45, 7) is 9.71. The van der Waals surface area contributed by atoms with Gasteiger partial charge in [-0.3, -0.25) is 0 Å². The van der Waals surface area contributed by atoms with Crippen LogP contribution in [0.25, 0.3) is 0 Å². The van der Waals surface area contributed by atoms with Crippen LogP contribution in [-0.2, 0) is 24.1 Å². The summed E-state index contributed by atoms with van der Waals surface area (Å²) in [4.78, 5) is 0. The second-order valence-electron chi connectivity index (χ2n) is 11.6. The van der Waals surface area contributed by atoms with Gasteiger partial charge in [0.05, 0.1) is 36.6 Å². The Kier molecular flexibility index (Phi) is 9.47. The smallest absolute Gasteiger partial charge is 0.216 e. The van der Waals surface area contributed by atoms with E-state index in [1.165, 1.54) is 0 Å². The summed E-state index contributed by atoms with van der Waals surface area (Å²) in [6, 6.07) is 31.7. The van der Waals surface area contributed by atoms with E-state index in [0.717, 1.165) is 29.5 Å². The molecule has 4 rings (SSSR count). The lowest BCUT2D eigenvalue weighted by Gasteiger charge is -2.47. The van der Waals surface area contributed by atoms with Crippen LogP contribution in [0.3, 0.4) is 0 Å². The summed E-state index contributed by atoms with van der Waals surface area (Å²) >= 11 is 0. The van der Waals surface area contributed by atoms with Gasteiger partial charge in [0.25, 0.3) is 0 Å². The fourth-order valence-corrected chi connectivity index (χ4v) is 8.96. The van der Waals surface area contributed by atoms with Crippen LogP contribution in [0.4, 0.5) is 0 Å². The summed E-state index contributed by atoms with van der Waals surface area (Å²) < 4.78 is 24.7. The van der Waals surface area contributed by atoms with Crippen molar-refractivity contribution in [2.45, 2.75) is 68.7 Å². The van der Waals surface area contributed by atoms with Gasteiger partial charge in [-0.25, -0.2) is 0 Å². The zero-order chi connectivity index (χ0) is 28.0. The number of ether oxygens (including phenoxy) is 3. The van der Waals surface area contributed by atoms with Crippen LogP contribution < -0.4 is 0 Å². The molecule has 3 aromatic rings. The Hall–Kier alpha value is -2.32. The standard InChI is InChI=1S/C33H44O5Si/c1-31(34,22-15-23-32(2)36-24-25-37-32)26-38-39(4,5)30(35-3)33(27-16-9-6-10-17-27,28-18-11-7-12-19-28)29-20-13-8-14-21-29/h6-14,16-21,30,34H,15,22-26H2,1-5H3/t30-,31+/m1/s1. The van der Waals surface area contributed by atoms with Crippen molar-refractivity contribution in [1.29, 1.82) is 0 Å². The monoisotopic (exact) mass is 548 g/mol. The minimum atomic E-state index is -2.64. The van der Waals surface area contributed by atoms with Crippen LogP contribution in [0, 0.1) is 0 Å². The molecule has 0 unspecified atom stereocenters. The number of rotatable bonds is 13. The molecule has 6 heteroatoms. The first-order valence-electron chi connectivity index (χ1n) is 14.0. The number of methoxy groups -OCH3 is 1. The van der Waals surface area contributed by atoms with Crippen molar-refractivity contribution < 1.29 is 23.7 Å². The van der Waals surface area contributed by atoms with Gasteiger partial charge in [0.15, 0.2) is 5.79 Å². The second-order valence-corrected chi connectivity index (χ2v) is 15.6. The van der Waals surface area contributed by atoms with Gasteiger partial charge >= 0.3 is 0 Å². The lowest BCUT2D eigenvalue weighted by molar-refractivity contribution is -0.149. The molecule has 0 aromatic heterocycles. The maximum Gasteiger partial charge on any atom is 0.216 e. The molecule has 0 saturated carbocycles. The number of hydrogen-bond acceptors (Lipinski definition) is 5. The average molecular weight is 549 g/mol. The molecule has 0 aliphatic carbocycles. The van der Waals surface area contributed by atoms with Crippen LogP contribution in [0.1, 0.15) is 49.8 Å². The zero-order valence-corrected chi connectivity index (χ0v) is 25.1. The molecule has 1 N–H and O–H groups in total. The Morgan fingerprint density at radius 3 is 1.69 bits per heavy atom. The highest BCUT2D eigenvalue weighted by Gasteiger charge is 2.53. The van der Waals surface area contributed by atoms with Gasteiger partial charge in [-0.15, -0.1) is 0 Å². The molecular weight excluding hydrogens is 504 g/mol. The average Bonchev–Trinajstić information content (AvgIpc) is 3.38. The van der Waals surface area contributed by atoms with Gasteiger partial charge in [0.1, 0.15) is 0 Å². The molecule has 1 aliphatic heterocycles. The van der Waals surface area contributed by atoms with Gasteiger partial charge in [0, 0.05) is 13.5 Å². The topological polar surface area (TPSA) is 57.2 Å². The van der Waals surface area contributed by atoms with Crippen molar-refractivity contribution in [3.63, 3.8) is 0 Å². The third-order valence-electron chi connectivity index (χ3n) is 7.95. The van der Waals surface area contributed by atoms with Crippen molar-refractivity contribution in [2.75, 3.05) is 26.9 Å². The molecule has 39 heavy (non-hydrogen) atoms. The fourth-order valence-electron chi connectivity index (χ4n) is 6.02. The normalized spacial score (nSPS) is 18.0. The van der Waals surface area contributed by atoms with Crippen molar-refractivity contribution in [3.8, 4) is 0 Å². The zero-order valence-electron chi connectivity index (χ0n) is 24.1. The van der Waals surface area contributed by atoms with E-state index in [4.69, 9.17) is 18.6 Å². The molecule has 1 fully saturated rings. The van der Waals surface area contributed by atoms with E-state index in [2.05, 4.69) is 85.9 Å². The van der Waals surface area contributed by atoms with Crippen LogP contribution in [0.5, 0.6) is 0 Å². The summed E-state index contributed by atoms with van der Waals surface area (Å²) in [6.07, 6.45) is 2.12. The minimum absolute atomic E-state index is 0.235. The predicted molar refractivity (Wildman–Crippen MR) is 158 cm³/mol. The molecule has 0 radical (unpaired) electrons. The van der Waals surface area contributed by atoms with E-state index in [9.17, 15) is 5.11 Å². The van der Waals surface area contributed by atoms with Crippen molar-refractivity contribution in [1.82, 2.24) is 0 Å². The Balaban J connectivity index is 1.66. The molecule has 1 aliphatic rings. The summed E-state index contributed by atoms with van der Waals surface area (Å²) in [5.74, 6) is -0.549. The van der Waals surface area contributed by atoms with E-state index in [1.54, 1.807) is 7.11 Å². The first-order valence-corrected chi connectivity index (χ1v) is 17.0. The second kappa shape index (κ2) is 12.5. The minimum Gasteiger partial charge on any atom is -0.412 e. The van der Waals surface area contributed by atoms with Gasteiger partial charge in [-0.1, -0.05) is 91.0 Å². The van der Waals surface area contributed by atoms with Gasteiger partial charge in [0.2, 0.25) is 8.32 Å². The van der Waals surface area contributed by atoms with Crippen LogP contribution in [0.2, 0.25) is 13.1 Å². The summed E-state index contributed by atoms with van der Waals surface area (Å²) in [5.41, 5.74) is 1.57. The van der Waals surface area contributed by atoms with E-state index < -0.39 is 25.1 Å². The summed E-state index contributed by atoms with van der Waals surface area (Å²) in [5, 5.41) is 11.3. The van der Waals surface area contributed by atoms with Crippen LogP contribution in [0.15, 0.2) is 91.0 Å². The largest absolute Gasteiger partial charge is 0.412 e. The van der Waals surface area contributed by atoms with Crippen molar-refractivity contribution >= 4 is 8.32 Å². The number of benzene rings is 3. The van der Waals surface area contributed by atoms with Crippen LogP contribution >= 0.6 is 0 Å². The first kappa shape index (κ1) is 29.7. The Labute approximate surface area is 235 Å². The molecule has 1 saturated heterocycles. The van der Waals surface area contributed by atoms with Crippen molar-refractivity contribution in [2.24, 2.45) is 0 Å². The van der Waals surface area contributed by atoms with Crippen molar-refractivity contribution in [3.05, 3.63) is 108 Å². The highest BCUT2D eigenvalue weighted by atomic mass is 28.4. The molecule has 2 atom stereocenters. The number of aliphatic hydroxyl groups is 1. The van der Waals surface area contributed by atoms with Gasteiger partial charge < -0.3 is 23.7 Å². The molecule has 1 heterocycles. The van der Waals surface area contributed by atoms with Crippen LogP contribution in [-0.4, -0.2) is 57.5 Å². The molecule has 5 nitrogen and oxygen atoms in total. The lowest BCUT2D eigenvalue weighted by atomic mass is 9.69. The highest BCUT2D eigenvalue weighted by Crippen LogP contribution is 2.46. The lowest BCUT2D eigenvalue weighted by Crippen LogP contribution is -2.59. The molecular formula is C33H44O5Si. The van der Waals surface area contributed by atoms with E-state index in [1.807, 2.05) is 32.0 Å². The maximum atomic E-state index is 11.3. The SMILES string of the molecule is CO[C@@H](C(c1ccccc1)(c1ccccc1)c1ccccc1)[Si](C)(C)OC[C@@](C)(O)CCCC1(C)OCCO1. The Morgan fingerprint density at radius 1 is 0.846 bits per heavy atom. The molecule has 0 bridgehead atoms. The third-order valence-corrected chi connectivity index (χ3v) is 10.8. The van der Waals surface area contributed by atoms with E-state index >= 15 is 0 Å². The summed E-state index contributed by atoms with van der Waals surface area (Å²) in [7, 11) is -0.853. The maximum absolute atomic E-state index is 11.3. The van der Waals surface area contributed by atoms with E-state index in [-0.39, 0.29) is 12.3 Å². The molecule has 0 amide bonds. The Bertz CT molecular complexity index is 1050. The highest BCUT2D eigenvalue weighted by molar-refractivity contribution is 6.73. The quantitative estimate of drug-likeness (QED) is 0.196. The number of hydrogen-bond donors (Lipinski definition) is 1. The molecule has 210 valence electrons. The predicted octanol–water partition coefficient (Wildman–Crippen LogP) is 6.48. The van der Waals surface area contributed by atoms with Gasteiger partial charge in [-0.05, 0) is 56.5 Å². The first-order chi connectivity index (χ1) is 18.6. The Morgan fingerprint density at radius 2 is 1.28 bits per heavy atom. The van der Waals surface area contributed by atoms with E-state index in [0.29, 0.717) is 19.6 Å².